The summed E-state index contributed by atoms with van der Waals surface area (Å²) in [6, 6.07) is 8.30. The van der Waals surface area contributed by atoms with Gasteiger partial charge in [0.2, 0.25) is 0 Å². The van der Waals surface area contributed by atoms with Crippen LogP contribution in [0.3, 0.4) is 0 Å². The van der Waals surface area contributed by atoms with Crippen LogP contribution in [0.25, 0.3) is 0 Å². The maximum Gasteiger partial charge on any atom is 0.253 e. The van der Waals surface area contributed by atoms with Gasteiger partial charge in [-0.05, 0) is 50.7 Å². The van der Waals surface area contributed by atoms with Crippen molar-refractivity contribution in [2.24, 2.45) is 11.7 Å². The molecular weight excluding hydrogens is 250 g/mol. The first-order valence-corrected chi connectivity index (χ1v) is 7.27. The number of nitrogens with zero attached hydrogens (tertiary/aromatic N) is 2. The number of carbonyl (C=O) groups is 1. The third kappa shape index (κ3) is 3.19. The maximum atomic E-state index is 12.5. The zero-order valence-electron chi connectivity index (χ0n) is 12.7. The average molecular weight is 275 g/mol. The van der Waals surface area contributed by atoms with Crippen molar-refractivity contribution in [1.29, 1.82) is 0 Å². The topological polar surface area (TPSA) is 49.6 Å². The molecule has 2 N–H and O–H groups in total. The lowest BCUT2D eigenvalue weighted by Crippen LogP contribution is -2.35. The maximum absolute atomic E-state index is 12.5. The molecule has 20 heavy (non-hydrogen) atoms. The third-order valence-corrected chi connectivity index (χ3v) is 4.16. The molecule has 0 saturated carbocycles. The number of nitrogens with two attached hydrogens (primary N) is 1. The second-order valence-electron chi connectivity index (χ2n) is 5.95. The molecular formula is C16H25N3O. The van der Waals surface area contributed by atoms with E-state index in [-0.39, 0.29) is 5.91 Å². The van der Waals surface area contributed by atoms with Crippen LogP contribution < -0.4 is 5.73 Å². The quantitative estimate of drug-likeness (QED) is 0.898. The van der Waals surface area contributed by atoms with E-state index >= 15 is 0 Å². The minimum absolute atomic E-state index is 0.139. The molecule has 0 bridgehead atoms. The van der Waals surface area contributed by atoms with E-state index in [1.165, 1.54) is 5.56 Å². The van der Waals surface area contributed by atoms with Crippen LogP contribution in [0.5, 0.6) is 0 Å². The highest BCUT2D eigenvalue weighted by Crippen LogP contribution is 2.22. The first-order valence-electron chi connectivity index (χ1n) is 7.27. The van der Waals surface area contributed by atoms with Gasteiger partial charge in [-0.15, -0.1) is 0 Å². The number of hydrogen-bond donors (Lipinski definition) is 1. The molecule has 0 aromatic heterocycles. The Kier molecular flexibility index (Phi) is 4.78. The van der Waals surface area contributed by atoms with Gasteiger partial charge in [0.25, 0.3) is 5.91 Å². The Labute approximate surface area is 121 Å². The van der Waals surface area contributed by atoms with Crippen molar-refractivity contribution in [3.8, 4) is 0 Å². The van der Waals surface area contributed by atoms with Crippen LogP contribution >= 0.6 is 0 Å². The second kappa shape index (κ2) is 6.37. The SMILES string of the molecule is CC1CN(C(=O)c2ccc(CCN)cc2)CC1N(C)C. The predicted octanol–water partition coefficient (Wildman–Crippen LogP) is 1.21. The molecule has 4 heteroatoms. The summed E-state index contributed by atoms with van der Waals surface area (Å²) in [5, 5.41) is 0. The highest BCUT2D eigenvalue weighted by molar-refractivity contribution is 5.94. The molecule has 4 nitrogen and oxygen atoms in total. The van der Waals surface area contributed by atoms with Crippen molar-refractivity contribution < 1.29 is 4.79 Å². The first-order chi connectivity index (χ1) is 9.52. The van der Waals surface area contributed by atoms with Gasteiger partial charge in [0, 0.05) is 24.7 Å². The van der Waals surface area contributed by atoms with Crippen LogP contribution in [-0.2, 0) is 6.42 Å². The van der Waals surface area contributed by atoms with Gasteiger partial charge in [-0.2, -0.15) is 0 Å². The molecule has 1 aromatic carbocycles. The van der Waals surface area contributed by atoms with Gasteiger partial charge in [0.15, 0.2) is 0 Å². The van der Waals surface area contributed by atoms with E-state index in [0.717, 1.165) is 25.1 Å². The van der Waals surface area contributed by atoms with Crippen LogP contribution in [-0.4, -0.2) is 55.5 Å². The molecule has 1 aromatic rings. The lowest BCUT2D eigenvalue weighted by molar-refractivity contribution is 0.0781. The van der Waals surface area contributed by atoms with Gasteiger partial charge in [-0.1, -0.05) is 19.1 Å². The Morgan fingerprint density at radius 2 is 1.95 bits per heavy atom. The molecule has 1 aliphatic rings. The summed E-state index contributed by atoms with van der Waals surface area (Å²) >= 11 is 0. The predicted molar refractivity (Wildman–Crippen MR) is 81.7 cm³/mol. The van der Waals surface area contributed by atoms with E-state index in [9.17, 15) is 4.79 Å². The molecule has 2 atom stereocenters. The molecule has 1 amide bonds. The smallest absolute Gasteiger partial charge is 0.253 e. The fraction of sp³-hybridized carbons (Fsp3) is 0.562. The summed E-state index contributed by atoms with van der Waals surface area (Å²) in [4.78, 5) is 16.7. The fourth-order valence-electron chi connectivity index (χ4n) is 2.95. The fourth-order valence-corrected chi connectivity index (χ4v) is 2.95. The number of amides is 1. The van der Waals surface area contributed by atoms with E-state index < -0.39 is 0 Å². The minimum atomic E-state index is 0.139. The van der Waals surface area contributed by atoms with Crippen molar-refractivity contribution >= 4 is 5.91 Å². The molecule has 0 radical (unpaired) electrons. The van der Waals surface area contributed by atoms with Gasteiger partial charge in [0.05, 0.1) is 0 Å². The molecule has 1 saturated heterocycles. The molecule has 1 fully saturated rings. The van der Waals surface area contributed by atoms with Crippen molar-refractivity contribution in [3.63, 3.8) is 0 Å². The number of rotatable bonds is 4. The monoisotopic (exact) mass is 275 g/mol. The van der Waals surface area contributed by atoms with E-state index in [0.29, 0.717) is 18.5 Å². The van der Waals surface area contributed by atoms with Gasteiger partial charge >= 0.3 is 0 Å². The minimum Gasteiger partial charge on any atom is -0.337 e. The summed E-state index contributed by atoms with van der Waals surface area (Å²) < 4.78 is 0. The largest absolute Gasteiger partial charge is 0.337 e. The van der Waals surface area contributed by atoms with E-state index in [1.54, 1.807) is 0 Å². The van der Waals surface area contributed by atoms with Crippen LogP contribution in [0.2, 0.25) is 0 Å². The molecule has 0 spiro atoms. The number of likely N-dealkylation sites (tertiary alicyclic amines) is 1. The summed E-state index contributed by atoms with van der Waals surface area (Å²) in [6.45, 7) is 4.51. The van der Waals surface area contributed by atoms with Crippen LogP contribution in [0.4, 0.5) is 0 Å². The van der Waals surface area contributed by atoms with Gasteiger partial charge in [-0.3, -0.25) is 4.79 Å². The second-order valence-corrected chi connectivity index (χ2v) is 5.95. The molecule has 1 aliphatic heterocycles. The van der Waals surface area contributed by atoms with E-state index in [4.69, 9.17) is 5.73 Å². The highest BCUT2D eigenvalue weighted by atomic mass is 16.2. The lowest BCUT2D eigenvalue weighted by Gasteiger charge is -2.22. The Morgan fingerprint density at radius 1 is 1.30 bits per heavy atom. The number of carbonyl (C=O) groups excluding carboxylic acids is 1. The van der Waals surface area contributed by atoms with Crippen LogP contribution in [0.1, 0.15) is 22.8 Å². The number of benzene rings is 1. The van der Waals surface area contributed by atoms with Gasteiger partial charge < -0.3 is 15.5 Å². The Balaban J connectivity index is 2.04. The highest BCUT2D eigenvalue weighted by Gasteiger charge is 2.33. The van der Waals surface area contributed by atoms with Gasteiger partial charge in [0.1, 0.15) is 0 Å². The van der Waals surface area contributed by atoms with E-state index in [1.807, 2.05) is 29.2 Å². The number of hydrogen-bond acceptors (Lipinski definition) is 3. The van der Waals surface area contributed by atoms with Crippen molar-refractivity contribution in [3.05, 3.63) is 35.4 Å². The lowest BCUT2D eigenvalue weighted by atomic mass is 10.1. The Morgan fingerprint density at radius 3 is 2.45 bits per heavy atom. The molecule has 2 unspecified atom stereocenters. The standard InChI is InChI=1S/C16H25N3O/c1-12-10-19(11-15(12)18(2)3)16(20)14-6-4-13(5-7-14)8-9-17/h4-7,12,15H,8-11,17H2,1-3H3. The van der Waals surface area contributed by atoms with Crippen LogP contribution in [0.15, 0.2) is 24.3 Å². The normalized spacial score (nSPS) is 22.6. The summed E-state index contributed by atoms with van der Waals surface area (Å²) in [5.74, 6) is 0.658. The average Bonchev–Trinajstić information content (AvgIpc) is 2.81. The third-order valence-electron chi connectivity index (χ3n) is 4.16. The van der Waals surface area contributed by atoms with Crippen LogP contribution in [0, 0.1) is 5.92 Å². The Hall–Kier alpha value is -1.39. The first kappa shape index (κ1) is 15.0. The molecule has 0 aliphatic carbocycles. The summed E-state index contributed by atoms with van der Waals surface area (Å²) in [6.07, 6.45) is 0.859. The zero-order valence-corrected chi connectivity index (χ0v) is 12.7. The van der Waals surface area contributed by atoms with Crippen molar-refractivity contribution in [2.45, 2.75) is 19.4 Å². The number of likely N-dealkylation sites (N-methyl/N-ethyl adjacent to an activating group) is 1. The molecule has 2 rings (SSSR count). The zero-order chi connectivity index (χ0) is 14.7. The molecule has 1 heterocycles. The van der Waals surface area contributed by atoms with Crippen molar-refractivity contribution in [2.75, 3.05) is 33.7 Å². The molecule has 110 valence electrons. The van der Waals surface area contributed by atoms with E-state index in [2.05, 4.69) is 25.9 Å². The van der Waals surface area contributed by atoms with Gasteiger partial charge in [-0.25, -0.2) is 0 Å². The summed E-state index contributed by atoms with van der Waals surface area (Å²) in [5.41, 5.74) is 7.50. The van der Waals surface area contributed by atoms with Crippen molar-refractivity contribution in [1.82, 2.24) is 9.80 Å². The summed E-state index contributed by atoms with van der Waals surface area (Å²) in [7, 11) is 4.16. The Bertz CT molecular complexity index is 455.